The summed E-state index contributed by atoms with van der Waals surface area (Å²) >= 11 is 0. The summed E-state index contributed by atoms with van der Waals surface area (Å²) in [7, 11) is -2.75. The lowest BCUT2D eigenvalue weighted by Crippen LogP contribution is -2.42. The minimum absolute atomic E-state index is 0.0764. The Balaban J connectivity index is 2.23. The van der Waals surface area contributed by atoms with Crippen LogP contribution in [-0.2, 0) is 50.9 Å². The van der Waals surface area contributed by atoms with Crippen LogP contribution in [0.2, 0.25) is 0 Å². The van der Waals surface area contributed by atoms with Crippen molar-refractivity contribution < 1.29 is 52.3 Å². The van der Waals surface area contributed by atoms with E-state index in [4.69, 9.17) is 18.5 Å². The van der Waals surface area contributed by atoms with E-state index in [1.54, 1.807) is 38.1 Å². The Bertz CT molecular complexity index is 1290. The lowest BCUT2D eigenvalue weighted by atomic mass is 10.1. The van der Waals surface area contributed by atoms with Gasteiger partial charge in [-0.25, -0.2) is 19.2 Å². The minimum Gasteiger partial charge on any atom is -0.464 e. The number of hydroxylamine groups is 2. The molecule has 252 valence electrons. The van der Waals surface area contributed by atoms with Gasteiger partial charge in [0.1, 0.15) is 23.6 Å². The lowest BCUT2D eigenvalue weighted by Gasteiger charge is -2.21. The molecule has 15 heteroatoms. The summed E-state index contributed by atoms with van der Waals surface area (Å²) in [5.41, 5.74) is 1.34. The molecule has 2 aromatic rings. The maximum Gasteiger partial charge on any atom is 0.430 e. The molecule has 46 heavy (non-hydrogen) atoms. The predicted molar refractivity (Wildman–Crippen MR) is 166 cm³/mol. The first kappa shape index (κ1) is 37.8. The van der Waals surface area contributed by atoms with Gasteiger partial charge in [-0.2, -0.15) is 0 Å². The summed E-state index contributed by atoms with van der Waals surface area (Å²) in [4.78, 5) is 59.6. The quantitative estimate of drug-likeness (QED) is 0.0920. The summed E-state index contributed by atoms with van der Waals surface area (Å²) in [6.45, 7) is 6.24. The van der Waals surface area contributed by atoms with E-state index < -0.39 is 37.5 Å². The van der Waals surface area contributed by atoms with Crippen LogP contribution in [0.4, 0.5) is 0 Å². The second kappa shape index (κ2) is 18.5. The molecule has 2 aromatic carbocycles. The fourth-order valence-corrected chi connectivity index (χ4v) is 5.88. The van der Waals surface area contributed by atoms with Crippen LogP contribution in [-0.4, -0.2) is 78.4 Å². The van der Waals surface area contributed by atoms with Crippen molar-refractivity contribution in [2.75, 3.05) is 26.4 Å². The molecule has 0 aliphatic heterocycles. The number of esters is 2. The highest BCUT2D eigenvalue weighted by atomic mass is 31.2. The van der Waals surface area contributed by atoms with Crippen LogP contribution in [0.15, 0.2) is 48.5 Å². The number of hydrogen-bond acceptors (Lipinski definition) is 11. The van der Waals surface area contributed by atoms with Crippen molar-refractivity contribution >= 4 is 37.3 Å². The van der Waals surface area contributed by atoms with Crippen molar-refractivity contribution in [1.82, 2.24) is 15.7 Å². The second-order valence-electron chi connectivity index (χ2n) is 10.2. The summed E-state index contributed by atoms with van der Waals surface area (Å²) in [5, 5.41) is 14.9. The Morgan fingerprint density at radius 3 is 1.48 bits per heavy atom. The number of ether oxygens (including phenoxy) is 2. The zero-order valence-electron chi connectivity index (χ0n) is 26.6. The van der Waals surface area contributed by atoms with Crippen LogP contribution in [0.1, 0.15) is 51.7 Å². The standard InChI is InChI=1S/C31H42N3O11P/c1-6-42-30(38)27(32-21(3)35)19-23-10-14-25(15-11-23)44-46(41,18-8-9-29(37)34(5)40)45-26-16-12-24(13-17-26)20-28(33-22(4)36)31(39)43-7-2/h10-17,27-28,40H,6-9,18-20H2,1-5H3,(H,32,35)(H,33,36)/t27-,28-/m0/s1. The number of amides is 3. The van der Waals surface area contributed by atoms with E-state index in [0.29, 0.717) is 16.2 Å². The number of nitrogens with one attached hydrogen (secondary N) is 2. The van der Waals surface area contributed by atoms with Crippen LogP contribution in [0, 0.1) is 0 Å². The fourth-order valence-electron chi connectivity index (χ4n) is 4.22. The van der Waals surface area contributed by atoms with Crippen LogP contribution in [0.25, 0.3) is 0 Å². The fraction of sp³-hybridized carbons (Fsp3) is 0.452. The van der Waals surface area contributed by atoms with E-state index >= 15 is 0 Å². The molecule has 2 atom stereocenters. The molecular formula is C31H42N3O11P. The van der Waals surface area contributed by atoms with Crippen molar-refractivity contribution in [1.29, 1.82) is 0 Å². The number of carbonyl (C=O) groups is 5. The molecule has 0 aliphatic rings. The molecule has 0 aromatic heterocycles. The lowest BCUT2D eigenvalue weighted by molar-refractivity contribution is -0.159. The van der Waals surface area contributed by atoms with E-state index in [0.717, 1.165) is 0 Å². The Morgan fingerprint density at radius 1 is 0.761 bits per heavy atom. The molecule has 14 nitrogen and oxygen atoms in total. The number of carbonyl (C=O) groups excluding carboxylic acids is 5. The zero-order chi connectivity index (χ0) is 34.3. The van der Waals surface area contributed by atoms with Gasteiger partial charge in [0, 0.05) is 40.2 Å². The van der Waals surface area contributed by atoms with E-state index in [9.17, 15) is 33.7 Å². The molecule has 0 aliphatic carbocycles. The number of nitrogens with zero attached hydrogens (tertiary/aromatic N) is 1. The zero-order valence-corrected chi connectivity index (χ0v) is 27.5. The van der Waals surface area contributed by atoms with Crippen LogP contribution >= 0.6 is 7.60 Å². The molecule has 0 spiro atoms. The third-order valence-corrected chi connectivity index (χ3v) is 8.14. The first-order valence-electron chi connectivity index (χ1n) is 14.7. The van der Waals surface area contributed by atoms with Gasteiger partial charge in [0.05, 0.1) is 19.4 Å². The summed E-state index contributed by atoms with van der Waals surface area (Å²) in [6.07, 6.45) is 0.0896. The molecule has 3 amide bonds. The van der Waals surface area contributed by atoms with E-state index in [2.05, 4.69) is 10.6 Å². The Morgan fingerprint density at radius 2 is 1.15 bits per heavy atom. The van der Waals surface area contributed by atoms with E-state index in [1.165, 1.54) is 45.2 Å². The average molecular weight is 664 g/mol. The van der Waals surface area contributed by atoms with Gasteiger partial charge in [-0.15, -0.1) is 0 Å². The van der Waals surface area contributed by atoms with Gasteiger partial charge >= 0.3 is 19.5 Å². The third kappa shape index (κ3) is 13.3. The van der Waals surface area contributed by atoms with Crippen molar-refractivity contribution in [2.45, 2.75) is 65.5 Å². The van der Waals surface area contributed by atoms with Gasteiger partial charge in [0.15, 0.2) is 0 Å². The topological polar surface area (TPSA) is 187 Å². The van der Waals surface area contributed by atoms with Crippen LogP contribution in [0.3, 0.4) is 0 Å². The normalized spacial score (nSPS) is 12.2. The van der Waals surface area contributed by atoms with Gasteiger partial charge < -0.3 is 29.2 Å². The molecule has 2 rings (SSSR count). The highest BCUT2D eigenvalue weighted by Crippen LogP contribution is 2.49. The van der Waals surface area contributed by atoms with Gasteiger partial charge in [0.25, 0.3) is 0 Å². The summed E-state index contributed by atoms with van der Waals surface area (Å²) < 4.78 is 35.7. The largest absolute Gasteiger partial charge is 0.464 e. The molecule has 3 N–H and O–H groups in total. The van der Waals surface area contributed by atoms with Crippen molar-refractivity contribution in [3.63, 3.8) is 0 Å². The van der Waals surface area contributed by atoms with Crippen LogP contribution in [0.5, 0.6) is 11.5 Å². The first-order chi connectivity index (χ1) is 21.7. The molecular weight excluding hydrogens is 621 g/mol. The molecule has 0 unspecified atom stereocenters. The maximum atomic E-state index is 13.9. The van der Waals surface area contributed by atoms with E-state index in [-0.39, 0.29) is 68.4 Å². The molecule has 0 fully saturated rings. The van der Waals surface area contributed by atoms with Gasteiger partial charge in [-0.05, 0) is 55.7 Å². The molecule has 0 radical (unpaired) electrons. The Hall–Kier alpha value is -4.42. The van der Waals surface area contributed by atoms with Crippen molar-refractivity contribution in [2.24, 2.45) is 0 Å². The van der Waals surface area contributed by atoms with Crippen LogP contribution < -0.4 is 19.7 Å². The SMILES string of the molecule is CCOC(=O)[C@H](Cc1ccc(OP(=O)(CCCC(=O)N(C)O)Oc2ccc(C[C@H](NC(C)=O)C(=O)OCC)cc2)cc1)NC(C)=O. The second-order valence-corrected chi connectivity index (χ2v) is 12.3. The molecule has 0 heterocycles. The smallest absolute Gasteiger partial charge is 0.430 e. The highest BCUT2D eigenvalue weighted by Gasteiger charge is 2.29. The monoisotopic (exact) mass is 663 g/mol. The van der Waals surface area contributed by atoms with E-state index in [1.807, 2.05) is 0 Å². The Labute approximate surface area is 268 Å². The third-order valence-electron chi connectivity index (χ3n) is 6.30. The van der Waals surface area contributed by atoms with Crippen molar-refractivity contribution in [3.05, 3.63) is 59.7 Å². The number of benzene rings is 2. The van der Waals surface area contributed by atoms with Gasteiger partial charge in [-0.3, -0.25) is 19.6 Å². The van der Waals surface area contributed by atoms with Crippen molar-refractivity contribution in [3.8, 4) is 11.5 Å². The predicted octanol–water partition coefficient (Wildman–Crippen LogP) is 3.19. The first-order valence-corrected chi connectivity index (χ1v) is 16.5. The minimum atomic E-state index is -3.94. The summed E-state index contributed by atoms with van der Waals surface area (Å²) in [6, 6.07) is 10.9. The maximum absolute atomic E-state index is 13.9. The number of hydrogen-bond donors (Lipinski definition) is 3. The summed E-state index contributed by atoms with van der Waals surface area (Å²) in [5.74, 6) is -2.12. The Kier molecular flexibility index (Phi) is 15.2. The van der Waals surface area contributed by atoms with Gasteiger partial charge in [-0.1, -0.05) is 24.3 Å². The van der Waals surface area contributed by atoms with Gasteiger partial charge in [0.2, 0.25) is 17.7 Å². The molecule has 0 bridgehead atoms. The average Bonchev–Trinajstić information content (AvgIpc) is 2.98. The highest BCUT2D eigenvalue weighted by molar-refractivity contribution is 7.54. The molecule has 0 saturated carbocycles. The molecule has 0 saturated heterocycles. The number of rotatable bonds is 18.